The van der Waals surface area contributed by atoms with Crippen LogP contribution in [0.25, 0.3) is 9.88 Å². The summed E-state index contributed by atoms with van der Waals surface area (Å²) in [5.74, 6) is -0.737. The summed E-state index contributed by atoms with van der Waals surface area (Å²) < 4.78 is 5.39. The average molecular weight is 399 g/mol. The lowest BCUT2D eigenvalue weighted by Crippen LogP contribution is -2.42. The number of rotatable bonds is 4. The SMILES string of the molecule is C[C@@H](OC(=O)c1csc(-c2cccs2)n1)C(=O)N1CCc2ccccc2C1. The molecule has 1 amide bonds. The van der Waals surface area contributed by atoms with Gasteiger partial charge in [-0.05, 0) is 35.9 Å². The molecular formula is C20H18N2O3S2. The van der Waals surface area contributed by atoms with E-state index in [4.69, 9.17) is 4.74 Å². The van der Waals surface area contributed by atoms with Gasteiger partial charge < -0.3 is 9.64 Å². The van der Waals surface area contributed by atoms with Crippen LogP contribution in [0.4, 0.5) is 0 Å². The Morgan fingerprint density at radius 2 is 1.96 bits per heavy atom. The molecule has 0 bridgehead atoms. The van der Waals surface area contributed by atoms with E-state index < -0.39 is 12.1 Å². The van der Waals surface area contributed by atoms with Crippen LogP contribution in [0, 0.1) is 0 Å². The predicted octanol–water partition coefficient (Wildman–Crippen LogP) is 4.00. The lowest BCUT2D eigenvalue weighted by Gasteiger charge is -2.30. The molecule has 3 aromatic rings. The fraction of sp³-hybridized carbons (Fsp3) is 0.250. The van der Waals surface area contributed by atoms with Crippen LogP contribution in [0.1, 0.15) is 28.5 Å². The maximum Gasteiger partial charge on any atom is 0.358 e. The van der Waals surface area contributed by atoms with Crippen molar-refractivity contribution in [1.29, 1.82) is 0 Å². The summed E-state index contributed by atoms with van der Waals surface area (Å²) in [6, 6.07) is 12.0. The molecule has 0 saturated heterocycles. The van der Waals surface area contributed by atoms with Crippen molar-refractivity contribution in [1.82, 2.24) is 9.88 Å². The van der Waals surface area contributed by atoms with E-state index in [1.165, 1.54) is 16.9 Å². The highest BCUT2D eigenvalue weighted by Crippen LogP contribution is 2.28. The monoisotopic (exact) mass is 398 g/mol. The quantitative estimate of drug-likeness (QED) is 0.623. The standard InChI is InChI=1S/C20H18N2O3S2/c1-13(19(23)22-9-8-14-5-2-3-6-15(14)11-22)25-20(24)16-12-27-18(21-16)17-7-4-10-26-17/h2-7,10,12-13H,8-9,11H2,1H3/t13-/m1/s1. The van der Waals surface area contributed by atoms with Gasteiger partial charge in [-0.1, -0.05) is 30.3 Å². The molecule has 0 N–H and O–H groups in total. The van der Waals surface area contributed by atoms with Crippen molar-refractivity contribution in [2.24, 2.45) is 0 Å². The van der Waals surface area contributed by atoms with Gasteiger partial charge in [-0.25, -0.2) is 9.78 Å². The van der Waals surface area contributed by atoms with Gasteiger partial charge in [-0.3, -0.25) is 4.79 Å². The van der Waals surface area contributed by atoms with Crippen LogP contribution >= 0.6 is 22.7 Å². The summed E-state index contributed by atoms with van der Waals surface area (Å²) in [5, 5.41) is 4.42. The highest BCUT2D eigenvalue weighted by molar-refractivity contribution is 7.20. The highest BCUT2D eigenvalue weighted by Gasteiger charge is 2.28. The summed E-state index contributed by atoms with van der Waals surface area (Å²) in [6.07, 6.45) is -0.0200. The second-order valence-electron chi connectivity index (χ2n) is 6.34. The molecule has 5 nitrogen and oxygen atoms in total. The van der Waals surface area contributed by atoms with Gasteiger partial charge >= 0.3 is 5.97 Å². The summed E-state index contributed by atoms with van der Waals surface area (Å²) >= 11 is 2.96. The Kier molecular flexibility index (Phi) is 5.05. The molecule has 27 heavy (non-hydrogen) atoms. The normalized spacial score (nSPS) is 14.5. The van der Waals surface area contributed by atoms with Gasteiger partial charge in [0.2, 0.25) is 0 Å². The topological polar surface area (TPSA) is 59.5 Å². The predicted molar refractivity (Wildman–Crippen MR) is 106 cm³/mol. The number of carbonyl (C=O) groups excluding carboxylic acids is 2. The van der Waals surface area contributed by atoms with Gasteiger partial charge in [-0.15, -0.1) is 22.7 Å². The van der Waals surface area contributed by atoms with E-state index in [9.17, 15) is 9.59 Å². The number of esters is 1. The molecule has 0 aliphatic carbocycles. The van der Waals surface area contributed by atoms with Crippen molar-refractivity contribution in [3.05, 3.63) is 64.0 Å². The van der Waals surface area contributed by atoms with Gasteiger partial charge in [0.15, 0.2) is 11.8 Å². The largest absolute Gasteiger partial charge is 0.448 e. The fourth-order valence-electron chi connectivity index (χ4n) is 3.09. The summed E-state index contributed by atoms with van der Waals surface area (Å²) in [4.78, 5) is 32.2. The number of thiophene rings is 1. The van der Waals surface area contributed by atoms with Crippen LogP contribution in [0.3, 0.4) is 0 Å². The smallest absolute Gasteiger partial charge is 0.358 e. The third-order valence-corrected chi connectivity index (χ3v) is 6.40. The van der Waals surface area contributed by atoms with E-state index in [0.29, 0.717) is 13.1 Å². The van der Waals surface area contributed by atoms with Crippen molar-refractivity contribution in [3.8, 4) is 9.88 Å². The molecule has 1 aliphatic rings. The molecule has 0 fully saturated rings. The first-order valence-electron chi connectivity index (χ1n) is 8.68. The minimum atomic E-state index is -0.838. The van der Waals surface area contributed by atoms with E-state index in [-0.39, 0.29) is 11.6 Å². The molecule has 0 saturated carbocycles. The van der Waals surface area contributed by atoms with Crippen molar-refractivity contribution < 1.29 is 14.3 Å². The van der Waals surface area contributed by atoms with Crippen LogP contribution in [0.15, 0.2) is 47.2 Å². The Hall–Kier alpha value is -2.51. The summed E-state index contributed by atoms with van der Waals surface area (Å²) in [7, 11) is 0. The molecule has 4 rings (SSSR count). The van der Waals surface area contributed by atoms with Crippen molar-refractivity contribution in [3.63, 3.8) is 0 Å². The van der Waals surface area contributed by atoms with Gasteiger partial charge in [0, 0.05) is 18.5 Å². The van der Waals surface area contributed by atoms with E-state index in [0.717, 1.165) is 21.9 Å². The zero-order valence-corrected chi connectivity index (χ0v) is 16.4. The molecule has 3 heterocycles. The number of carbonyl (C=O) groups is 2. The van der Waals surface area contributed by atoms with Crippen molar-refractivity contribution >= 4 is 34.6 Å². The summed E-state index contributed by atoms with van der Waals surface area (Å²) in [5.41, 5.74) is 2.66. The Bertz CT molecular complexity index is 965. The number of amides is 1. The van der Waals surface area contributed by atoms with Gasteiger partial charge in [0.25, 0.3) is 5.91 Å². The second kappa shape index (κ2) is 7.62. The molecule has 138 valence electrons. The van der Waals surface area contributed by atoms with E-state index >= 15 is 0 Å². The van der Waals surface area contributed by atoms with Gasteiger partial charge in [0.05, 0.1) is 4.88 Å². The Morgan fingerprint density at radius 3 is 2.74 bits per heavy atom. The average Bonchev–Trinajstić information content (AvgIpc) is 3.38. The number of fused-ring (bicyclic) bond motifs is 1. The fourth-order valence-corrected chi connectivity index (χ4v) is 4.70. The molecule has 7 heteroatoms. The molecule has 1 aliphatic heterocycles. The molecule has 1 aromatic carbocycles. The van der Waals surface area contributed by atoms with Crippen LogP contribution in [-0.2, 0) is 22.5 Å². The minimum absolute atomic E-state index is 0.174. The second-order valence-corrected chi connectivity index (χ2v) is 8.15. The molecule has 1 atom stereocenters. The first-order valence-corrected chi connectivity index (χ1v) is 10.4. The Labute approximate surface area is 165 Å². The van der Waals surface area contributed by atoms with Crippen LogP contribution in [0.2, 0.25) is 0 Å². The number of hydrogen-bond acceptors (Lipinski definition) is 6. The number of nitrogens with zero attached hydrogens (tertiary/aromatic N) is 2. The van der Waals surface area contributed by atoms with Gasteiger partial charge in [-0.2, -0.15) is 0 Å². The lowest BCUT2D eigenvalue weighted by molar-refractivity contribution is -0.140. The number of aromatic nitrogens is 1. The van der Waals surface area contributed by atoms with Crippen LogP contribution in [-0.4, -0.2) is 34.4 Å². The molecule has 0 radical (unpaired) electrons. The van der Waals surface area contributed by atoms with Crippen LogP contribution < -0.4 is 0 Å². The molecule has 0 unspecified atom stereocenters. The molecule has 2 aromatic heterocycles. The third kappa shape index (κ3) is 3.79. The lowest BCUT2D eigenvalue weighted by atomic mass is 9.99. The molecule has 0 spiro atoms. The maximum absolute atomic E-state index is 12.7. The number of benzene rings is 1. The van der Waals surface area contributed by atoms with E-state index in [1.807, 2.05) is 35.7 Å². The van der Waals surface area contributed by atoms with E-state index in [1.54, 1.807) is 28.5 Å². The third-order valence-electron chi connectivity index (χ3n) is 4.52. The number of hydrogen-bond donors (Lipinski definition) is 0. The Morgan fingerprint density at radius 1 is 1.15 bits per heavy atom. The van der Waals surface area contributed by atoms with Crippen molar-refractivity contribution in [2.75, 3.05) is 6.54 Å². The van der Waals surface area contributed by atoms with Crippen LogP contribution in [0.5, 0.6) is 0 Å². The maximum atomic E-state index is 12.7. The first kappa shape index (κ1) is 17.9. The first-order chi connectivity index (χ1) is 13.1. The zero-order chi connectivity index (χ0) is 18.8. The van der Waals surface area contributed by atoms with Crippen molar-refractivity contribution in [2.45, 2.75) is 26.0 Å². The zero-order valence-electron chi connectivity index (χ0n) is 14.8. The molecular weight excluding hydrogens is 380 g/mol. The van der Waals surface area contributed by atoms with E-state index in [2.05, 4.69) is 11.1 Å². The summed E-state index contributed by atoms with van der Waals surface area (Å²) in [6.45, 7) is 2.81. The minimum Gasteiger partial charge on any atom is -0.448 e. The van der Waals surface area contributed by atoms with Gasteiger partial charge in [0.1, 0.15) is 5.01 Å². The highest BCUT2D eigenvalue weighted by atomic mass is 32.1. The number of thiazole rings is 1. The Balaban J connectivity index is 1.39. The number of ether oxygens (including phenoxy) is 1.